The highest BCUT2D eigenvalue weighted by Gasteiger charge is 2.26. The zero-order valence-electron chi connectivity index (χ0n) is 11.1. The summed E-state index contributed by atoms with van der Waals surface area (Å²) in [6, 6.07) is 5.07. The molecule has 0 bridgehead atoms. The van der Waals surface area contributed by atoms with Crippen molar-refractivity contribution in [3.8, 4) is 0 Å². The first-order valence-corrected chi connectivity index (χ1v) is 6.41. The van der Waals surface area contributed by atoms with Crippen LogP contribution >= 0.6 is 0 Å². The molecule has 1 aromatic rings. The fourth-order valence-corrected chi connectivity index (χ4v) is 1.92. The van der Waals surface area contributed by atoms with Crippen LogP contribution in [0.5, 0.6) is 0 Å². The zero-order chi connectivity index (χ0) is 15.2. The van der Waals surface area contributed by atoms with E-state index >= 15 is 0 Å². The van der Waals surface area contributed by atoms with Crippen LogP contribution in [0.15, 0.2) is 24.3 Å². The predicted molar refractivity (Wildman–Crippen MR) is 70.4 cm³/mol. The fraction of sp³-hybridized carbons (Fsp3) is 0.385. The third-order valence-electron chi connectivity index (χ3n) is 3.03. The number of non-ortho nitro benzene ring substituents is 1. The zero-order valence-corrected chi connectivity index (χ0v) is 11.1. The van der Waals surface area contributed by atoms with Gasteiger partial charge < -0.3 is 14.8 Å². The summed E-state index contributed by atoms with van der Waals surface area (Å²) in [6.45, 7) is 0.597. The molecule has 1 N–H and O–H groups in total. The Hall–Kier alpha value is -2.48. The Morgan fingerprint density at radius 1 is 1.33 bits per heavy atom. The molecular weight excluding hydrogens is 280 g/mol. The lowest BCUT2D eigenvalue weighted by molar-refractivity contribution is -0.384. The molecule has 112 valence electrons. The van der Waals surface area contributed by atoms with Crippen LogP contribution in [0.1, 0.15) is 18.4 Å². The lowest BCUT2D eigenvalue weighted by Gasteiger charge is -2.09. The summed E-state index contributed by atoms with van der Waals surface area (Å²) < 4.78 is 9.33. The number of nitrogens with zero attached hydrogens (tertiary/aromatic N) is 1. The van der Waals surface area contributed by atoms with E-state index in [2.05, 4.69) is 10.1 Å². The molecule has 1 aliphatic rings. The van der Waals surface area contributed by atoms with Crippen molar-refractivity contribution < 1.29 is 24.0 Å². The number of esters is 1. The number of nitro groups is 1. The van der Waals surface area contributed by atoms with Gasteiger partial charge in [-0.1, -0.05) is 0 Å². The van der Waals surface area contributed by atoms with Gasteiger partial charge in [0, 0.05) is 12.1 Å². The van der Waals surface area contributed by atoms with Crippen molar-refractivity contribution in [1.82, 2.24) is 5.32 Å². The summed E-state index contributed by atoms with van der Waals surface area (Å²) in [7, 11) is 0. The predicted octanol–water partition coefficient (Wildman–Crippen LogP) is 1.53. The van der Waals surface area contributed by atoms with E-state index in [0.717, 1.165) is 13.0 Å². The van der Waals surface area contributed by atoms with Gasteiger partial charge in [0.1, 0.15) is 12.6 Å². The van der Waals surface area contributed by atoms with Gasteiger partial charge in [0.15, 0.2) is 0 Å². The molecule has 21 heavy (non-hydrogen) atoms. The first-order valence-electron chi connectivity index (χ1n) is 6.41. The van der Waals surface area contributed by atoms with Crippen molar-refractivity contribution >= 4 is 17.8 Å². The molecule has 8 heteroatoms. The Labute approximate surface area is 120 Å². The van der Waals surface area contributed by atoms with Crippen LogP contribution < -0.4 is 5.32 Å². The number of carbonyl (C=O) groups is 2. The summed E-state index contributed by atoms with van der Waals surface area (Å²) in [5, 5.41) is 13.4. The Balaban J connectivity index is 1.78. The second-order valence-electron chi connectivity index (χ2n) is 4.53. The van der Waals surface area contributed by atoms with Crippen molar-refractivity contribution in [2.24, 2.45) is 0 Å². The molecular formula is C13H14N2O6. The van der Waals surface area contributed by atoms with Crippen LogP contribution in [0.25, 0.3) is 0 Å². The number of nitro benzene ring substituents is 1. The van der Waals surface area contributed by atoms with Gasteiger partial charge in [0.2, 0.25) is 0 Å². The topological polar surface area (TPSA) is 108 Å². The number of hydrogen-bond acceptors (Lipinski definition) is 7. The first kappa shape index (κ1) is 14.9. The van der Waals surface area contributed by atoms with E-state index in [1.165, 1.54) is 24.3 Å². The van der Waals surface area contributed by atoms with E-state index in [-0.39, 0.29) is 12.3 Å². The van der Waals surface area contributed by atoms with E-state index in [4.69, 9.17) is 4.74 Å². The average molecular weight is 294 g/mol. The SMILES string of the molecule is O=C(OCc1ccc([N+](=O)[O-])cc1)OC(=O)[C@@H]1CCCN1. The summed E-state index contributed by atoms with van der Waals surface area (Å²) in [4.78, 5) is 32.8. The standard InChI is InChI=1S/C13H14N2O6/c16-12(11-2-1-7-14-11)21-13(17)20-8-9-3-5-10(6-4-9)15(18)19/h3-6,11,14H,1-2,7-8H2/t11-/m0/s1. The largest absolute Gasteiger partial charge is 0.516 e. The molecule has 8 nitrogen and oxygen atoms in total. The summed E-state index contributed by atoms with van der Waals surface area (Å²) in [5.41, 5.74) is 0.507. The molecule has 0 spiro atoms. The number of ether oxygens (including phenoxy) is 2. The highest BCUT2D eigenvalue weighted by molar-refractivity contribution is 5.85. The van der Waals surface area contributed by atoms with Gasteiger partial charge in [-0.05, 0) is 37.1 Å². The van der Waals surface area contributed by atoms with E-state index in [9.17, 15) is 19.7 Å². The minimum Gasteiger partial charge on any atom is -0.429 e. The Morgan fingerprint density at radius 3 is 2.62 bits per heavy atom. The molecule has 1 aromatic carbocycles. The maximum Gasteiger partial charge on any atom is 0.516 e. The van der Waals surface area contributed by atoms with Crippen molar-refractivity contribution in [1.29, 1.82) is 0 Å². The van der Waals surface area contributed by atoms with Crippen LogP contribution in [0.2, 0.25) is 0 Å². The fourth-order valence-electron chi connectivity index (χ4n) is 1.92. The third-order valence-corrected chi connectivity index (χ3v) is 3.03. The second-order valence-corrected chi connectivity index (χ2v) is 4.53. The van der Waals surface area contributed by atoms with E-state index in [1.807, 2.05) is 0 Å². The molecule has 0 unspecified atom stereocenters. The van der Waals surface area contributed by atoms with E-state index in [0.29, 0.717) is 12.0 Å². The van der Waals surface area contributed by atoms with Crippen molar-refractivity contribution in [2.75, 3.05) is 6.54 Å². The molecule has 1 heterocycles. The van der Waals surface area contributed by atoms with Gasteiger partial charge in [-0.15, -0.1) is 0 Å². The molecule has 1 saturated heterocycles. The van der Waals surface area contributed by atoms with E-state index in [1.54, 1.807) is 0 Å². The summed E-state index contributed by atoms with van der Waals surface area (Å²) in [6.07, 6.45) is 0.415. The van der Waals surface area contributed by atoms with Crippen molar-refractivity contribution in [3.05, 3.63) is 39.9 Å². The minimum absolute atomic E-state index is 0.0520. The lowest BCUT2D eigenvalue weighted by atomic mass is 10.2. The van der Waals surface area contributed by atoms with Gasteiger partial charge >= 0.3 is 12.1 Å². The summed E-state index contributed by atoms with van der Waals surface area (Å²) in [5.74, 6) is -0.652. The van der Waals surface area contributed by atoms with Gasteiger partial charge in [-0.25, -0.2) is 9.59 Å². The third kappa shape index (κ3) is 4.25. The molecule has 0 aliphatic carbocycles. The van der Waals surface area contributed by atoms with Gasteiger partial charge in [-0.2, -0.15) is 0 Å². The normalized spacial score (nSPS) is 17.2. The lowest BCUT2D eigenvalue weighted by Crippen LogP contribution is -2.33. The number of nitrogens with one attached hydrogen (secondary N) is 1. The molecule has 1 fully saturated rings. The Bertz CT molecular complexity index is 536. The molecule has 0 amide bonds. The Morgan fingerprint density at radius 2 is 2.05 bits per heavy atom. The quantitative estimate of drug-likeness (QED) is 0.388. The van der Waals surface area contributed by atoms with Gasteiger partial charge in [0.25, 0.3) is 5.69 Å². The number of rotatable bonds is 4. The monoisotopic (exact) mass is 294 g/mol. The number of carbonyl (C=O) groups excluding carboxylic acids is 2. The van der Waals surface area contributed by atoms with Gasteiger partial charge in [0.05, 0.1) is 4.92 Å². The van der Waals surface area contributed by atoms with Crippen molar-refractivity contribution in [3.63, 3.8) is 0 Å². The first-order chi connectivity index (χ1) is 10.1. The highest BCUT2D eigenvalue weighted by Crippen LogP contribution is 2.13. The molecule has 1 atom stereocenters. The average Bonchev–Trinajstić information content (AvgIpc) is 3.00. The van der Waals surface area contributed by atoms with Gasteiger partial charge in [-0.3, -0.25) is 10.1 Å². The Kier molecular flexibility index (Phi) is 4.83. The van der Waals surface area contributed by atoms with Crippen LogP contribution in [0.3, 0.4) is 0 Å². The van der Waals surface area contributed by atoms with E-state index < -0.39 is 23.1 Å². The number of benzene rings is 1. The maximum atomic E-state index is 11.5. The van der Waals surface area contributed by atoms with Crippen molar-refractivity contribution in [2.45, 2.75) is 25.5 Å². The molecule has 0 radical (unpaired) electrons. The van der Waals surface area contributed by atoms with Crippen LogP contribution in [-0.4, -0.2) is 29.6 Å². The van der Waals surface area contributed by atoms with Crippen LogP contribution in [0, 0.1) is 10.1 Å². The molecule has 0 saturated carbocycles. The van der Waals surface area contributed by atoms with Crippen LogP contribution in [0.4, 0.5) is 10.5 Å². The molecule has 1 aliphatic heterocycles. The minimum atomic E-state index is -1.08. The molecule has 0 aromatic heterocycles. The maximum absolute atomic E-state index is 11.5. The molecule has 2 rings (SSSR count). The summed E-state index contributed by atoms with van der Waals surface area (Å²) >= 11 is 0. The smallest absolute Gasteiger partial charge is 0.429 e. The highest BCUT2D eigenvalue weighted by atomic mass is 16.7. The van der Waals surface area contributed by atoms with Crippen LogP contribution in [-0.2, 0) is 20.9 Å². The second kappa shape index (κ2) is 6.80. The number of hydrogen-bond donors (Lipinski definition) is 1.